The van der Waals surface area contributed by atoms with E-state index in [-0.39, 0.29) is 38.1 Å². The average molecular weight is 533 g/mol. The second-order valence-electron chi connectivity index (χ2n) is 8.65. The van der Waals surface area contributed by atoms with Crippen molar-refractivity contribution in [2.45, 2.75) is 32.6 Å². The molecule has 2 aromatic heterocycles. The van der Waals surface area contributed by atoms with Crippen LogP contribution in [0, 0.1) is 5.95 Å². The van der Waals surface area contributed by atoms with Crippen molar-refractivity contribution in [1.82, 2.24) is 29.2 Å². The van der Waals surface area contributed by atoms with Crippen LogP contribution in [0.5, 0.6) is 0 Å². The van der Waals surface area contributed by atoms with E-state index in [1.165, 1.54) is 28.6 Å². The zero-order valence-electron chi connectivity index (χ0n) is 20.7. The molecule has 1 amide bonds. The van der Waals surface area contributed by atoms with E-state index < -0.39 is 22.0 Å². The fraction of sp³-hybridized carbons (Fsp3) is 0.417. The standard InChI is InChI=1S/C24H29FN6O5S/c1-18-24(32)29(15-22-16-30(28-27-22)9-11-36-17-35-2)10-12-37(33,34)31(18)14-19-3-5-20(6-4-19)21-7-8-23(25)26-13-21/h3-8,13,16,18H,9-12,14-15,17H2,1-2H3. The average Bonchev–Trinajstić information content (AvgIpc) is 3.32. The van der Waals surface area contributed by atoms with Crippen molar-refractivity contribution in [3.63, 3.8) is 0 Å². The highest BCUT2D eigenvalue weighted by molar-refractivity contribution is 7.89. The van der Waals surface area contributed by atoms with E-state index in [2.05, 4.69) is 15.3 Å². The van der Waals surface area contributed by atoms with Gasteiger partial charge in [-0.3, -0.25) is 4.79 Å². The van der Waals surface area contributed by atoms with Crippen LogP contribution in [0.4, 0.5) is 4.39 Å². The highest BCUT2D eigenvalue weighted by atomic mass is 32.2. The summed E-state index contributed by atoms with van der Waals surface area (Å²) < 4.78 is 52.2. The summed E-state index contributed by atoms with van der Waals surface area (Å²) in [5.41, 5.74) is 2.86. The highest BCUT2D eigenvalue weighted by Crippen LogP contribution is 2.23. The molecule has 13 heteroatoms. The van der Waals surface area contributed by atoms with Gasteiger partial charge in [-0.15, -0.1) is 5.10 Å². The molecule has 0 N–H and O–H groups in total. The van der Waals surface area contributed by atoms with Gasteiger partial charge in [0.05, 0.1) is 31.6 Å². The van der Waals surface area contributed by atoms with Gasteiger partial charge in [0, 0.05) is 32.0 Å². The molecule has 0 radical (unpaired) electrons. The number of ether oxygens (including phenoxy) is 2. The first-order chi connectivity index (χ1) is 17.8. The maximum absolute atomic E-state index is 13.2. The molecule has 0 bridgehead atoms. The van der Waals surface area contributed by atoms with E-state index in [1.54, 1.807) is 36.0 Å². The SMILES string of the molecule is COCOCCn1cc(CN2CCS(=O)(=O)N(Cc3ccc(-c4ccc(F)nc4)cc3)C(C)C2=O)nn1. The summed E-state index contributed by atoms with van der Waals surface area (Å²) in [7, 11) is -2.16. The topological polar surface area (TPSA) is 120 Å². The van der Waals surface area contributed by atoms with Crippen LogP contribution in [0.15, 0.2) is 48.8 Å². The first-order valence-electron chi connectivity index (χ1n) is 11.7. The third-order valence-electron chi connectivity index (χ3n) is 6.04. The number of hydrogen-bond acceptors (Lipinski definition) is 8. The minimum atomic E-state index is -3.70. The molecule has 3 heterocycles. The van der Waals surface area contributed by atoms with Crippen molar-refractivity contribution in [3.8, 4) is 11.1 Å². The Morgan fingerprint density at radius 1 is 1.11 bits per heavy atom. The van der Waals surface area contributed by atoms with Crippen LogP contribution in [0.1, 0.15) is 18.2 Å². The zero-order valence-corrected chi connectivity index (χ0v) is 21.5. The van der Waals surface area contributed by atoms with Crippen LogP contribution in [-0.4, -0.2) is 82.4 Å². The Bertz CT molecular complexity index is 1300. The van der Waals surface area contributed by atoms with Gasteiger partial charge in [0.1, 0.15) is 18.5 Å². The lowest BCUT2D eigenvalue weighted by atomic mass is 10.1. The van der Waals surface area contributed by atoms with Crippen LogP contribution in [0.25, 0.3) is 11.1 Å². The zero-order chi connectivity index (χ0) is 26.4. The van der Waals surface area contributed by atoms with Gasteiger partial charge >= 0.3 is 0 Å². The molecule has 37 heavy (non-hydrogen) atoms. The highest BCUT2D eigenvalue weighted by Gasteiger charge is 2.38. The summed E-state index contributed by atoms with van der Waals surface area (Å²) in [6, 6.07) is 9.25. The monoisotopic (exact) mass is 532 g/mol. The van der Waals surface area contributed by atoms with Crippen molar-refractivity contribution in [1.29, 1.82) is 0 Å². The second kappa shape index (κ2) is 11.9. The van der Waals surface area contributed by atoms with Gasteiger partial charge in [-0.25, -0.2) is 18.1 Å². The molecule has 1 atom stereocenters. The van der Waals surface area contributed by atoms with Crippen LogP contribution >= 0.6 is 0 Å². The number of benzene rings is 1. The fourth-order valence-corrected chi connectivity index (χ4v) is 5.62. The molecule has 1 aromatic carbocycles. The summed E-state index contributed by atoms with van der Waals surface area (Å²) in [5, 5.41) is 8.14. The normalized spacial score (nSPS) is 18.2. The van der Waals surface area contributed by atoms with Crippen molar-refractivity contribution in [2.75, 3.05) is 32.8 Å². The maximum atomic E-state index is 13.2. The number of carbonyl (C=O) groups excluding carboxylic acids is 1. The van der Waals surface area contributed by atoms with Crippen LogP contribution < -0.4 is 0 Å². The predicted octanol–water partition coefficient (Wildman–Crippen LogP) is 1.66. The Balaban J connectivity index is 1.42. The summed E-state index contributed by atoms with van der Waals surface area (Å²) in [6.45, 7) is 2.92. The number of aromatic nitrogens is 4. The number of nitrogens with zero attached hydrogens (tertiary/aromatic N) is 6. The van der Waals surface area contributed by atoms with E-state index in [0.29, 0.717) is 18.8 Å². The minimum Gasteiger partial charge on any atom is -0.359 e. The van der Waals surface area contributed by atoms with Crippen molar-refractivity contribution >= 4 is 15.9 Å². The molecule has 1 unspecified atom stereocenters. The van der Waals surface area contributed by atoms with Gasteiger partial charge in [-0.2, -0.15) is 8.70 Å². The smallest absolute Gasteiger partial charge is 0.241 e. The van der Waals surface area contributed by atoms with Gasteiger partial charge in [-0.1, -0.05) is 29.5 Å². The fourth-order valence-electron chi connectivity index (χ4n) is 4.02. The van der Waals surface area contributed by atoms with Crippen molar-refractivity contribution in [2.24, 2.45) is 0 Å². The molecule has 3 aromatic rings. The third kappa shape index (κ3) is 6.74. The molecule has 0 spiro atoms. The first-order valence-corrected chi connectivity index (χ1v) is 13.3. The molecule has 0 aliphatic carbocycles. The van der Waals surface area contributed by atoms with E-state index in [0.717, 1.165) is 16.7 Å². The van der Waals surface area contributed by atoms with E-state index >= 15 is 0 Å². The van der Waals surface area contributed by atoms with Gasteiger partial charge in [-0.05, 0) is 30.2 Å². The number of methoxy groups -OCH3 is 1. The summed E-state index contributed by atoms with van der Waals surface area (Å²) in [6.07, 6.45) is 3.15. The van der Waals surface area contributed by atoms with Crippen molar-refractivity contribution in [3.05, 3.63) is 66.0 Å². The van der Waals surface area contributed by atoms with Crippen LogP contribution in [0.2, 0.25) is 0 Å². The Morgan fingerprint density at radius 3 is 2.57 bits per heavy atom. The Labute approximate surface area is 214 Å². The number of sulfonamides is 1. The van der Waals surface area contributed by atoms with Gasteiger partial charge < -0.3 is 14.4 Å². The van der Waals surface area contributed by atoms with Gasteiger partial charge in [0.2, 0.25) is 21.9 Å². The Morgan fingerprint density at radius 2 is 1.86 bits per heavy atom. The summed E-state index contributed by atoms with van der Waals surface area (Å²) >= 11 is 0. The van der Waals surface area contributed by atoms with E-state index in [1.807, 2.05) is 12.1 Å². The largest absolute Gasteiger partial charge is 0.359 e. The molecule has 0 saturated carbocycles. The quantitative estimate of drug-likeness (QED) is 0.220. The summed E-state index contributed by atoms with van der Waals surface area (Å²) in [4.78, 5) is 18.4. The molecule has 1 fully saturated rings. The molecular weight excluding hydrogens is 503 g/mol. The van der Waals surface area contributed by atoms with E-state index in [9.17, 15) is 17.6 Å². The number of amides is 1. The lowest BCUT2D eigenvalue weighted by Gasteiger charge is -2.26. The van der Waals surface area contributed by atoms with Crippen molar-refractivity contribution < 1.29 is 27.1 Å². The van der Waals surface area contributed by atoms with Crippen LogP contribution in [0.3, 0.4) is 0 Å². The minimum absolute atomic E-state index is 0.0579. The number of halogens is 1. The molecular formula is C24H29FN6O5S. The lowest BCUT2D eigenvalue weighted by molar-refractivity contribution is -0.134. The number of pyridine rings is 1. The maximum Gasteiger partial charge on any atom is 0.241 e. The molecule has 1 aliphatic heterocycles. The first kappa shape index (κ1) is 26.8. The van der Waals surface area contributed by atoms with Crippen LogP contribution in [-0.2, 0) is 43.9 Å². The molecule has 1 saturated heterocycles. The van der Waals surface area contributed by atoms with E-state index in [4.69, 9.17) is 9.47 Å². The molecule has 198 valence electrons. The lowest BCUT2D eigenvalue weighted by Crippen LogP contribution is -2.45. The number of hydrogen-bond donors (Lipinski definition) is 0. The predicted molar refractivity (Wildman–Crippen MR) is 132 cm³/mol. The third-order valence-corrected chi connectivity index (χ3v) is 7.89. The molecule has 11 nitrogen and oxygen atoms in total. The van der Waals surface area contributed by atoms with Gasteiger partial charge in [0.15, 0.2) is 0 Å². The Hall–Kier alpha value is -3.26. The van der Waals surface area contributed by atoms with Gasteiger partial charge in [0.25, 0.3) is 0 Å². The summed E-state index contributed by atoms with van der Waals surface area (Å²) in [5.74, 6) is -1.05. The second-order valence-corrected chi connectivity index (χ2v) is 10.7. The number of rotatable bonds is 10. The molecule has 1 aliphatic rings. The molecule has 4 rings (SSSR count). The number of carbonyl (C=O) groups is 1. The Kier molecular flexibility index (Phi) is 8.59.